The number of hydrogen-bond donors (Lipinski definition) is 1. The van der Waals surface area contributed by atoms with Crippen LogP contribution in [0.3, 0.4) is 0 Å². The largest absolute Gasteiger partial charge is 0.446 e. The van der Waals surface area contributed by atoms with Crippen molar-refractivity contribution in [3.8, 4) is 0 Å². The summed E-state index contributed by atoms with van der Waals surface area (Å²) in [7, 11) is 1.60. The van der Waals surface area contributed by atoms with Crippen LogP contribution in [0, 0.1) is 0 Å². The number of nitrogens with one attached hydrogen (secondary N) is 1. The Labute approximate surface area is 117 Å². The molecule has 1 saturated heterocycles. The first-order valence-corrected chi connectivity index (χ1v) is 7.32. The molecule has 1 atom stereocenters. The summed E-state index contributed by atoms with van der Waals surface area (Å²) in [5.74, 6) is 0. The van der Waals surface area contributed by atoms with Gasteiger partial charge in [-0.1, -0.05) is 6.92 Å². The molecule has 0 aromatic carbocycles. The van der Waals surface area contributed by atoms with Crippen molar-refractivity contribution in [3.05, 3.63) is 0 Å². The molecule has 4 heteroatoms. The summed E-state index contributed by atoms with van der Waals surface area (Å²) in [6.45, 7) is 13.5. The summed E-state index contributed by atoms with van der Waals surface area (Å²) in [6, 6.07) is 0.533. The zero-order valence-electron chi connectivity index (χ0n) is 13.5. The van der Waals surface area contributed by atoms with Crippen LogP contribution < -0.4 is 5.32 Å². The average Bonchev–Trinajstić information content (AvgIpc) is 2.24. The van der Waals surface area contributed by atoms with Crippen LogP contribution in [0.5, 0.6) is 0 Å². The molecule has 0 radical (unpaired) electrons. The average molecular weight is 270 g/mol. The normalized spacial score (nSPS) is 24.8. The van der Waals surface area contributed by atoms with E-state index in [2.05, 4.69) is 51.8 Å². The molecule has 1 fully saturated rings. The summed E-state index contributed by atoms with van der Waals surface area (Å²) in [6.07, 6.45) is 2.56. The molecule has 1 aliphatic heterocycles. The van der Waals surface area contributed by atoms with E-state index in [4.69, 9.17) is 4.74 Å². The quantitative estimate of drug-likeness (QED) is 0.856. The molecule has 19 heavy (non-hydrogen) atoms. The summed E-state index contributed by atoms with van der Waals surface area (Å²) in [5.41, 5.74) is 0.0751. The maximum absolute atomic E-state index is 11.4. The predicted molar refractivity (Wildman–Crippen MR) is 78.3 cm³/mol. The molecule has 0 saturated carbocycles. The van der Waals surface area contributed by atoms with Gasteiger partial charge in [0.05, 0.1) is 0 Å². The lowest BCUT2D eigenvalue weighted by molar-refractivity contribution is -0.103. The molecule has 112 valence electrons. The van der Waals surface area contributed by atoms with E-state index in [1.165, 1.54) is 0 Å². The molecule has 1 heterocycles. The molecule has 1 rings (SSSR count). The first kappa shape index (κ1) is 16.3. The highest BCUT2D eigenvalue weighted by atomic mass is 16.6. The highest BCUT2D eigenvalue weighted by Crippen LogP contribution is 2.41. The molecule has 1 amide bonds. The third-order valence-corrected chi connectivity index (χ3v) is 4.27. The molecule has 0 aromatic heterocycles. The molecule has 0 spiro atoms. The third kappa shape index (κ3) is 3.62. The number of piperidine rings is 1. The van der Waals surface area contributed by atoms with Crippen molar-refractivity contribution in [1.82, 2.24) is 10.2 Å². The smallest absolute Gasteiger partial charge is 0.407 e. The van der Waals surface area contributed by atoms with Crippen LogP contribution in [0.2, 0.25) is 0 Å². The number of carbonyl (C=O) groups is 1. The fraction of sp³-hybridized carbons (Fsp3) is 0.933. The Bertz CT molecular complexity index is 308. The number of amides is 1. The number of rotatable bonds is 3. The van der Waals surface area contributed by atoms with E-state index in [1.807, 2.05) is 0 Å². The van der Waals surface area contributed by atoms with E-state index in [1.54, 1.807) is 7.05 Å². The fourth-order valence-electron chi connectivity index (χ4n) is 3.87. The molecule has 0 aromatic rings. The van der Waals surface area contributed by atoms with Gasteiger partial charge >= 0.3 is 6.09 Å². The lowest BCUT2D eigenvalue weighted by atomic mass is 9.76. The first-order valence-electron chi connectivity index (χ1n) is 7.32. The highest BCUT2D eigenvalue weighted by molar-refractivity contribution is 5.66. The van der Waals surface area contributed by atoms with Crippen molar-refractivity contribution >= 4 is 6.09 Å². The van der Waals surface area contributed by atoms with E-state index in [0.29, 0.717) is 6.04 Å². The minimum atomic E-state index is -0.325. The second-order valence-corrected chi connectivity index (χ2v) is 6.94. The van der Waals surface area contributed by atoms with Gasteiger partial charge < -0.3 is 10.1 Å². The summed E-state index contributed by atoms with van der Waals surface area (Å²) in [5, 5.41) is 2.54. The molecule has 4 nitrogen and oxygen atoms in total. The maximum atomic E-state index is 11.4. The molecular weight excluding hydrogens is 240 g/mol. The van der Waals surface area contributed by atoms with Crippen molar-refractivity contribution in [2.75, 3.05) is 7.05 Å². The number of hydrogen-bond acceptors (Lipinski definition) is 3. The maximum Gasteiger partial charge on any atom is 0.407 e. The topological polar surface area (TPSA) is 41.6 Å². The highest BCUT2D eigenvalue weighted by Gasteiger charge is 2.47. The van der Waals surface area contributed by atoms with Crippen LogP contribution in [0.25, 0.3) is 0 Å². The number of alkyl carbamates (subject to hydrolysis) is 1. The van der Waals surface area contributed by atoms with E-state index in [0.717, 1.165) is 19.3 Å². The van der Waals surface area contributed by atoms with Gasteiger partial charge in [0, 0.05) is 37.0 Å². The van der Waals surface area contributed by atoms with E-state index >= 15 is 0 Å². The van der Waals surface area contributed by atoms with Crippen molar-refractivity contribution in [2.45, 2.75) is 84.0 Å². The Morgan fingerprint density at radius 3 is 2.16 bits per heavy atom. The van der Waals surface area contributed by atoms with Gasteiger partial charge in [0.25, 0.3) is 0 Å². The van der Waals surface area contributed by atoms with Crippen molar-refractivity contribution in [2.24, 2.45) is 0 Å². The van der Waals surface area contributed by atoms with Crippen LogP contribution in [0.15, 0.2) is 0 Å². The van der Waals surface area contributed by atoms with E-state index in [-0.39, 0.29) is 23.3 Å². The zero-order chi connectivity index (χ0) is 14.8. The number of ether oxygens (including phenoxy) is 1. The SMILES string of the molecule is CCC(C)N1C(C)(C)CC(OC(=O)NC)CC1(C)C. The Kier molecular flexibility index (Phi) is 4.88. The monoisotopic (exact) mass is 270 g/mol. The van der Waals surface area contributed by atoms with Crippen LogP contribution in [0.4, 0.5) is 4.79 Å². The van der Waals surface area contributed by atoms with Gasteiger partial charge in [-0.25, -0.2) is 4.79 Å². The van der Waals surface area contributed by atoms with Gasteiger partial charge in [-0.2, -0.15) is 0 Å². The van der Waals surface area contributed by atoms with Gasteiger partial charge in [0.2, 0.25) is 0 Å². The van der Waals surface area contributed by atoms with Gasteiger partial charge in [-0.05, 0) is 41.0 Å². The lowest BCUT2D eigenvalue weighted by Gasteiger charge is -2.57. The van der Waals surface area contributed by atoms with Crippen LogP contribution in [0.1, 0.15) is 60.8 Å². The minimum Gasteiger partial charge on any atom is -0.446 e. The molecule has 1 unspecified atom stereocenters. The van der Waals surface area contributed by atoms with Gasteiger partial charge in [0.15, 0.2) is 0 Å². The predicted octanol–water partition coefficient (Wildman–Crippen LogP) is 3.16. The molecule has 1 N–H and O–H groups in total. The Morgan fingerprint density at radius 2 is 1.79 bits per heavy atom. The van der Waals surface area contributed by atoms with E-state index < -0.39 is 0 Å². The molecule has 1 aliphatic rings. The summed E-state index contributed by atoms with van der Waals surface area (Å²) in [4.78, 5) is 14.0. The molecule has 0 aliphatic carbocycles. The van der Waals surface area contributed by atoms with Gasteiger partial charge in [-0.3, -0.25) is 4.90 Å². The van der Waals surface area contributed by atoms with Crippen molar-refractivity contribution in [3.63, 3.8) is 0 Å². The van der Waals surface area contributed by atoms with Gasteiger partial charge in [0.1, 0.15) is 6.10 Å². The molecular formula is C15H30N2O2. The van der Waals surface area contributed by atoms with Crippen LogP contribution in [-0.4, -0.2) is 41.3 Å². The molecule has 0 bridgehead atoms. The van der Waals surface area contributed by atoms with Crippen LogP contribution >= 0.6 is 0 Å². The number of nitrogens with zero attached hydrogens (tertiary/aromatic N) is 1. The standard InChI is InChI=1S/C15H30N2O2/c1-8-11(2)17-14(3,4)9-12(10-15(17,5)6)19-13(18)16-7/h11-12H,8-10H2,1-7H3,(H,16,18). The summed E-state index contributed by atoms with van der Waals surface area (Å²) < 4.78 is 5.50. The second kappa shape index (κ2) is 5.70. The zero-order valence-corrected chi connectivity index (χ0v) is 13.5. The Morgan fingerprint density at radius 1 is 1.32 bits per heavy atom. The first-order chi connectivity index (χ1) is 8.64. The second-order valence-electron chi connectivity index (χ2n) is 6.94. The lowest BCUT2D eigenvalue weighted by Crippen LogP contribution is -2.65. The fourth-order valence-corrected chi connectivity index (χ4v) is 3.87. The minimum absolute atomic E-state index is 0.00902. The Balaban J connectivity index is 2.90. The number of likely N-dealkylation sites (tertiary alicyclic amines) is 1. The third-order valence-electron chi connectivity index (χ3n) is 4.27. The number of carbonyl (C=O) groups excluding carboxylic acids is 1. The van der Waals surface area contributed by atoms with Crippen molar-refractivity contribution < 1.29 is 9.53 Å². The van der Waals surface area contributed by atoms with E-state index in [9.17, 15) is 4.79 Å². The van der Waals surface area contributed by atoms with Crippen LogP contribution in [-0.2, 0) is 4.74 Å². The summed E-state index contributed by atoms with van der Waals surface area (Å²) >= 11 is 0. The van der Waals surface area contributed by atoms with Crippen molar-refractivity contribution in [1.29, 1.82) is 0 Å². The van der Waals surface area contributed by atoms with Gasteiger partial charge in [-0.15, -0.1) is 0 Å². The Hall–Kier alpha value is -0.770.